The molecule has 0 heterocycles. The minimum absolute atomic E-state index is 0.0803. The molecule has 0 saturated heterocycles. The van der Waals surface area contributed by atoms with Gasteiger partial charge in [0.05, 0.1) is 9.85 Å². The Hall–Kier alpha value is -0.150. The van der Waals surface area contributed by atoms with Gasteiger partial charge in [-0.1, -0.05) is 20.8 Å². The molecule has 90 valence electrons. The lowest BCUT2D eigenvalue weighted by atomic mass is 9.90. The minimum Gasteiger partial charge on any atom is -0.207 e. The van der Waals surface area contributed by atoms with Crippen LogP contribution in [0.2, 0.25) is 0 Å². The van der Waals surface area contributed by atoms with E-state index in [2.05, 4.69) is 15.9 Å². The van der Waals surface area contributed by atoms with Crippen molar-refractivity contribution in [1.82, 2.24) is 0 Å². The van der Waals surface area contributed by atoms with E-state index >= 15 is 0 Å². The van der Waals surface area contributed by atoms with E-state index in [1.165, 1.54) is 0 Å². The summed E-state index contributed by atoms with van der Waals surface area (Å²) in [5, 5.41) is -0.511. The topological polar surface area (TPSA) is 0 Å². The lowest BCUT2D eigenvalue weighted by molar-refractivity contribution is 0.398. The molecule has 0 spiro atoms. The van der Waals surface area contributed by atoms with Gasteiger partial charge in [0.2, 0.25) is 0 Å². The Labute approximate surface area is 108 Å². The van der Waals surface area contributed by atoms with Crippen molar-refractivity contribution in [1.29, 1.82) is 0 Å². The van der Waals surface area contributed by atoms with Gasteiger partial charge in [0, 0.05) is 5.56 Å². The summed E-state index contributed by atoms with van der Waals surface area (Å²) < 4.78 is 27.1. The first-order chi connectivity index (χ1) is 7.34. The largest absolute Gasteiger partial charge is 0.207 e. The van der Waals surface area contributed by atoms with Gasteiger partial charge in [-0.3, -0.25) is 0 Å². The van der Waals surface area contributed by atoms with Crippen LogP contribution in [0.3, 0.4) is 0 Å². The third-order valence-electron chi connectivity index (χ3n) is 2.85. The van der Waals surface area contributed by atoms with Crippen LogP contribution in [0, 0.1) is 23.5 Å². The van der Waals surface area contributed by atoms with Crippen LogP contribution in [0.1, 0.15) is 31.7 Å². The summed E-state index contributed by atoms with van der Waals surface area (Å²) in [4.78, 5) is 0. The number of hydrogen-bond donors (Lipinski definition) is 0. The molecule has 0 aliphatic heterocycles. The smallest absolute Gasteiger partial charge is 0.137 e. The molecule has 0 saturated carbocycles. The average molecular weight is 312 g/mol. The summed E-state index contributed by atoms with van der Waals surface area (Å²) in [5.74, 6) is -0.566. The van der Waals surface area contributed by atoms with Crippen molar-refractivity contribution in [3.05, 3.63) is 33.8 Å². The molecular weight excluding hydrogens is 297 g/mol. The highest BCUT2D eigenvalue weighted by atomic mass is 79.9. The molecule has 1 rings (SSSR count). The van der Waals surface area contributed by atoms with Crippen LogP contribution < -0.4 is 0 Å². The molecule has 16 heavy (non-hydrogen) atoms. The van der Waals surface area contributed by atoms with Gasteiger partial charge in [0.15, 0.2) is 0 Å². The first-order valence-electron chi connectivity index (χ1n) is 5.13. The lowest BCUT2D eigenvalue weighted by Crippen LogP contribution is -2.12. The van der Waals surface area contributed by atoms with Gasteiger partial charge in [0.1, 0.15) is 11.6 Å². The van der Waals surface area contributed by atoms with Gasteiger partial charge in [-0.05, 0) is 39.9 Å². The normalized spacial score (nSPS) is 15.2. The van der Waals surface area contributed by atoms with Crippen LogP contribution in [-0.2, 0) is 0 Å². The Morgan fingerprint density at radius 3 is 2.19 bits per heavy atom. The van der Waals surface area contributed by atoms with Crippen LogP contribution in [-0.4, -0.2) is 0 Å². The third kappa shape index (κ3) is 2.95. The van der Waals surface area contributed by atoms with Crippen LogP contribution in [0.25, 0.3) is 0 Å². The molecular formula is C12H14BrClF2. The second kappa shape index (κ2) is 5.46. The van der Waals surface area contributed by atoms with Gasteiger partial charge in [-0.25, -0.2) is 8.78 Å². The Kier molecular flexibility index (Phi) is 4.74. The Morgan fingerprint density at radius 1 is 1.12 bits per heavy atom. The summed E-state index contributed by atoms with van der Waals surface area (Å²) in [6.07, 6.45) is 0. The maximum Gasteiger partial charge on any atom is 0.137 e. The zero-order valence-electron chi connectivity index (χ0n) is 9.40. The molecule has 0 aliphatic rings. The zero-order valence-corrected chi connectivity index (χ0v) is 11.7. The molecule has 1 aromatic rings. The Balaban J connectivity index is 3.08. The molecule has 0 bridgehead atoms. The van der Waals surface area contributed by atoms with Crippen LogP contribution in [0.15, 0.2) is 16.6 Å². The highest BCUT2D eigenvalue weighted by molar-refractivity contribution is 9.10. The van der Waals surface area contributed by atoms with E-state index in [0.29, 0.717) is 5.92 Å². The van der Waals surface area contributed by atoms with Crippen LogP contribution >= 0.6 is 27.5 Å². The minimum atomic E-state index is -0.511. The molecule has 0 fully saturated rings. The lowest BCUT2D eigenvalue weighted by Gasteiger charge is -2.22. The molecule has 0 amide bonds. The van der Waals surface area contributed by atoms with Crippen molar-refractivity contribution >= 4 is 27.5 Å². The van der Waals surface area contributed by atoms with E-state index in [0.717, 1.165) is 12.1 Å². The summed E-state index contributed by atoms with van der Waals surface area (Å²) >= 11 is 9.10. The van der Waals surface area contributed by atoms with Crippen molar-refractivity contribution in [3.8, 4) is 0 Å². The second-order valence-corrected chi connectivity index (χ2v) is 5.62. The molecule has 2 atom stereocenters. The molecule has 4 heteroatoms. The van der Waals surface area contributed by atoms with E-state index in [9.17, 15) is 8.78 Å². The maximum atomic E-state index is 13.6. The quantitative estimate of drug-likeness (QED) is 0.525. The van der Waals surface area contributed by atoms with E-state index in [-0.39, 0.29) is 16.0 Å². The fourth-order valence-corrected chi connectivity index (χ4v) is 2.14. The monoisotopic (exact) mass is 310 g/mol. The number of halogens is 4. The van der Waals surface area contributed by atoms with Crippen molar-refractivity contribution in [3.63, 3.8) is 0 Å². The van der Waals surface area contributed by atoms with Crippen molar-refractivity contribution in [2.75, 3.05) is 0 Å². The Bertz CT molecular complexity index is 380. The average Bonchev–Trinajstić information content (AvgIpc) is 2.21. The van der Waals surface area contributed by atoms with E-state index in [4.69, 9.17) is 11.6 Å². The first-order valence-corrected chi connectivity index (χ1v) is 6.36. The van der Waals surface area contributed by atoms with E-state index in [1.807, 2.05) is 20.8 Å². The highest BCUT2D eigenvalue weighted by Gasteiger charge is 2.23. The molecule has 0 aliphatic carbocycles. The molecule has 0 radical (unpaired) electrons. The molecule has 2 unspecified atom stereocenters. The van der Waals surface area contributed by atoms with Gasteiger partial charge in [-0.15, -0.1) is 11.6 Å². The zero-order chi connectivity index (χ0) is 12.5. The van der Waals surface area contributed by atoms with Crippen LogP contribution in [0.5, 0.6) is 0 Å². The maximum absolute atomic E-state index is 13.6. The van der Waals surface area contributed by atoms with Crippen molar-refractivity contribution in [2.45, 2.75) is 26.1 Å². The molecule has 1 aromatic carbocycles. The Morgan fingerprint density at radius 2 is 1.69 bits per heavy atom. The fourth-order valence-electron chi connectivity index (χ4n) is 1.37. The second-order valence-electron chi connectivity index (χ2n) is 4.29. The van der Waals surface area contributed by atoms with Crippen LogP contribution in [0.4, 0.5) is 8.78 Å². The van der Waals surface area contributed by atoms with Gasteiger partial charge >= 0.3 is 0 Å². The number of rotatable bonds is 3. The van der Waals surface area contributed by atoms with E-state index < -0.39 is 17.0 Å². The third-order valence-corrected chi connectivity index (χ3v) is 4.09. The van der Waals surface area contributed by atoms with Crippen molar-refractivity contribution < 1.29 is 8.78 Å². The number of alkyl halides is 1. The summed E-state index contributed by atoms with van der Waals surface area (Å²) in [6, 6.07) is 2.28. The summed E-state index contributed by atoms with van der Waals surface area (Å²) in [6.45, 7) is 5.95. The number of hydrogen-bond acceptors (Lipinski definition) is 0. The van der Waals surface area contributed by atoms with E-state index in [1.54, 1.807) is 0 Å². The predicted molar refractivity (Wildman–Crippen MR) is 66.7 cm³/mol. The van der Waals surface area contributed by atoms with Gasteiger partial charge < -0.3 is 0 Å². The van der Waals surface area contributed by atoms with Gasteiger partial charge in [-0.2, -0.15) is 0 Å². The molecule has 0 aromatic heterocycles. The number of benzene rings is 1. The molecule has 0 nitrogen and oxygen atoms in total. The van der Waals surface area contributed by atoms with Crippen molar-refractivity contribution in [2.24, 2.45) is 11.8 Å². The summed E-state index contributed by atoms with van der Waals surface area (Å²) in [5.41, 5.74) is 0.226. The SMILES string of the molecule is CC(C)C(C)C(Cl)c1cc(F)c(Br)cc1F. The predicted octanol–water partition coefficient (Wildman–Crippen LogP) is 5.30. The highest BCUT2D eigenvalue weighted by Crippen LogP contribution is 2.36. The van der Waals surface area contributed by atoms with Gasteiger partial charge in [0.25, 0.3) is 0 Å². The molecule has 0 N–H and O–H groups in total. The summed E-state index contributed by atoms with van der Waals surface area (Å²) in [7, 11) is 0. The standard InChI is InChI=1S/C12H14BrClF2/c1-6(2)7(3)12(14)8-4-11(16)9(13)5-10(8)15/h4-7,12H,1-3H3. The first kappa shape index (κ1) is 13.9. The fraction of sp³-hybridized carbons (Fsp3) is 0.500.